The number of ether oxygens (including phenoxy) is 1. The Morgan fingerprint density at radius 3 is 2.13 bits per heavy atom. The van der Waals surface area contributed by atoms with Crippen LogP contribution in [0, 0.1) is 0 Å². The zero-order valence-electron chi connectivity index (χ0n) is 17.5. The smallest absolute Gasteiger partial charge is 0.247 e. The van der Waals surface area contributed by atoms with Gasteiger partial charge in [0.1, 0.15) is 11.8 Å². The van der Waals surface area contributed by atoms with Crippen LogP contribution < -0.4 is 10.1 Å². The first-order valence-electron chi connectivity index (χ1n) is 9.95. The topological polar surface area (TPSA) is 58.6 Å². The third-order valence-electron chi connectivity index (χ3n) is 5.02. The van der Waals surface area contributed by atoms with E-state index < -0.39 is 6.04 Å². The maximum absolute atomic E-state index is 13.4. The number of amides is 2. The van der Waals surface area contributed by atoms with Gasteiger partial charge < -0.3 is 15.0 Å². The summed E-state index contributed by atoms with van der Waals surface area (Å²) in [6.07, 6.45) is 0.160. The summed E-state index contributed by atoms with van der Waals surface area (Å²) in [5, 5.41) is 3.31. The molecule has 0 saturated heterocycles. The Morgan fingerprint density at radius 1 is 0.935 bits per heavy atom. The highest BCUT2D eigenvalue weighted by Gasteiger charge is 2.30. The summed E-state index contributed by atoms with van der Waals surface area (Å²) in [7, 11) is 3.18. The summed E-state index contributed by atoms with van der Waals surface area (Å²) < 4.78 is 5.23. The molecule has 2 amide bonds. The molecule has 31 heavy (non-hydrogen) atoms. The molecule has 0 bridgehead atoms. The third-order valence-corrected chi connectivity index (χ3v) is 5.27. The number of benzene rings is 3. The Labute approximate surface area is 187 Å². The van der Waals surface area contributed by atoms with Crippen LogP contribution in [0.4, 0.5) is 0 Å². The van der Waals surface area contributed by atoms with Crippen LogP contribution in [0.25, 0.3) is 0 Å². The minimum absolute atomic E-state index is 0.157. The van der Waals surface area contributed by atoms with E-state index in [0.29, 0.717) is 5.02 Å². The first-order chi connectivity index (χ1) is 15.0. The molecule has 0 fully saturated rings. The molecule has 160 valence electrons. The number of nitrogens with one attached hydrogen (secondary N) is 1. The second-order valence-electron chi connectivity index (χ2n) is 7.10. The van der Waals surface area contributed by atoms with E-state index >= 15 is 0 Å². The molecule has 1 N–H and O–H groups in total. The molecule has 0 aliphatic carbocycles. The Hall–Kier alpha value is -3.31. The summed E-state index contributed by atoms with van der Waals surface area (Å²) in [5.41, 5.74) is 2.48. The fourth-order valence-electron chi connectivity index (χ4n) is 3.37. The number of halogens is 1. The van der Waals surface area contributed by atoms with E-state index in [-0.39, 0.29) is 24.8 Å². The Morgan fingerprint density at radius 2 is 1.55 bits per heavy atom. The summed E-state index contributed by atoms with van der Waals surface area (Å²) >= 11 is 5.98. The Kier molecular flexibility index (Phi) is 7.68. The number of methoxy groups -OCH3 is 1. The molecular weight excluding hydrogens is 412 g/mol. The molecule has 3 aromatic rings. The van der Waals surface area contributed by atoms with Crippen LogP contribution >= 0.6 is 11.6 Å². The molecule has 0 spiro atoms. The second-order valence-corrected chi connectivity index (χ2v) is 7.54. The minimum atomic E-state index is -0.756. The van der Waals surface area contributed by atoms with Gasteiger partial charge in [-0.1, -0.05) is 66.2 Å². The number of likely N-dealkylation sites (N-methyl/N-ethyl adjacent to an activating group) is 1. The van der Waals surface area contributed by atoms with Crippen molar-refractivity contribution in [1.29, 1.82) is 0 Å². The molecule has 3 rings (SSSR count). The van der Waals surface area contributed by atoms with Gasteiger partial charge >= 0.3 is 0 Å². The van der Waals surface area contributed by atoms with Crippen molar-refractivity contribution in [2.75, 3.05) is 14.2 Å². The lowest BCUT2D eigenvalue weighted by molar-refractivity contribution is -0.141. The van der Waals surface area contributed by atoms with E-state index in [1.165, 1.54) is 0 Å². The summed E-state index contributed by atoms with van der Waals surface area (Å²) in [4.78, 5) is 28.0. The van der Waals surface area contributed by atoms with Crippen LogP contribution in [0.5, 0.6) is 5.75 Å². The Balaban J connectivity index is 1.96. The van der Waals surface area contributed by atoms with Crippen molar-refractivity contribution in [3.63, 3.8) is 0 Å². The van der Waals surface area contributed by atoms with E-state index in [4.69, 9.17) is 16.3 Å². The molecule has 6 heteroatoms. The number of rotatable bonds is 8. The largest absolute Gasteiger partial charge is 0.497 e. The van der Waals surface area contributed by atoms with Gasteiger partial charge in [-0.15, -0.1) is 0 Å². The maximum atomic E-state index is 13.4. The SMILES string of the molecule is CNC(=O)C(c1ccccc1)N(Cc1ccc(OC)cc1)C(=O)Cc1ccc(Cl)cc1. The molecule has 5 nitrogen and oxygen atoms in total. The number of hydrogen-bond donors (Lipinski definition) is 1. The minimum Gasteiger partial charge on any atom is -0.497 e. The highest BCUT2D eigenvalue weighted by atomic mass is 35.5. The van der Waals surface area contributed by atoms with Crippen molar-refractivity contribution in [1.82, 2.24) is 10.2 Å². The molecule has 0 heterocycles. The van der Waals surface area contributed by atoms with Gasteiger partial charge in [0.15, 0.2) is 0 Å². The van der Waals surface area contributed by atoms with Gasteiger partial charge in [-0.05, 0) is 41.0 Å². The highest BCUT2D eigenvalue weighted by molar-refractivity contribution is 6.30. The van der Waals surface area contributed by atoms with E-state index in [2.05, 4.69) is 5.32 Å². The van der Waals surface area contributed by atoms with Gasteiger partial charge in [-0.3, -0.25) is 9.59 Å². The van der Waals surface area contributed by atoms with E-state index in [0.717, 1.165) is 22.4 Å². The van der Waals surface area contributed by atoms with Gasteiger partial charge in [0.2, 0.25) is 11.8 Å². The van der Waals surface area contributed by atoms with Gasteiger partial charge in [-0.25, -0.2) is 0 Å². The van der Waals surface area contributed by atoms with Crippen molar-refractivity contribution >= 4 is 23.4 Å². The van der Waals surface area contributed by atoms with Crippen LogP contribution in [0.3, 0.4) is 0 Å². The summed E-state index contributed by atoms with van der Waals surface area (Å²) in [6.45, 7) is 0.281. The lowest BCUT2D eigenvalue weighted by atomic mass is 10.0. The van der Waals surface area contributed by atoms with Crippen LogP contribution in [0.2, 0.25) is 5.02 Å². The first-order valence-corrected chi connectivity index (χ1v) is 10.3. The molecule has 0 aromatic heterocycles. The van der Waals surface area contributed by atoms with E-state index in [1.54, 1.807) is 31.2 Å². The van der Waals surface area contributed by atoms with Crippen molar-refractivity contribution in [2.45, 2.75) is 19.0 Å². The normalized spacial score (nSPS) is 11.5. The molecule has 0 aliphatic rings. The highest BCUT2D eigenvalue weighted by Crippen LogP contribution is 2.25. The first kappa shape index (κ1) is 22.4. The number of carbonyl (C=O) groups is 2. The number of carbonyl (C=O) groups excluding carboxylic acids is 2. The predicted molar refractivity (Wildman–Crippen MR) is 122 cm³/mol. The lowest BCUT2D eigenvalue weighted by Gasteiger charge is -2.31. The number of nitrogens with zero attached hydrogens (tertiary/aromatic N) is 1. The molecular formula is C25H25ClN2O3. The van der Waals surface area contributed by atoms with Gasteiger partial charge in [0.25, 0.3) is 0 Å². The Bertz CT molecular complexity index is 1010. The molecule has 3 aromatic carbocycles. The maximum Gasteiger partial charge on any atom is 0.247 e. The average Bonchev–Trinajstić information content (AvgIpc) is 2.81. The molecule has 0 radical (unpaired) electrons. The second kappa shape index (κ2) is 10.6. The van der Waals surface area contributed by atoms with Gasteiger partial charge in [0.05, 0.1) is 13.5 Å². The standard InChI is InChI=1S/C25H25ClN2O3/c1-27-25(30)24(20-6-4-3-5-7-20)28(17-19-10-14-22(31-2)15-11-19)23(29)16-18-8-12-21(26)13-9-18/h3-15,24H,16-17H2,1-2H3,(H,27,30). The molecule has 0 saturated carbocycles. The molecule has 0 aliphatic heterocycles. The van der Waals surface area contributed by atoms with Gasteiger partial charge in [-0.2, -0.15) is 0 Å². The summed E-state index contributed by atoms with van der Waals surface area (Å²) in [5.74, 6) is 0.327. The number of hydrogen-bond acceptors (Lipinski definition) is 3. The molecule has 1 unspecified atom stereocenters. The monoisotopic (exact) mass is 436 g/mol. The van der Waals surface area contributed by atoms with Crippen LogP contribution in [0.1, 0.15) is 22.7 Å². The van der Waals surface area contributed by atoms with Crippen molar-refractivity contribution in [3.05, 3.63) is 101 Å². The average molecular weight is 437 g/mol. The molecule has 1 atom stereocenters. The zero-order valence-corrected chi connectivity index (χ0v) is 18.3. The van der Waals surface area contributed by atoms with Crippen molar-refractivity contribution in [2.24, 2.45) is 0 Å². The lowest BCUT2D eigenvalue weighted by Crippen LogP contribution is -2.43. The predicted octanol–water partition coefficient (Wildman–Crippen LogP) is 4.41. The van der Waals surface area contributed by atoms with Crippen LogP contribution in [0.15, 0.2) is 78.9 Å². The third kappa shape index (κ3) is 5.86. The summed E-state index contributed by atoms with van der Waals surface area (Å²) in [6, 6.07) is 23.2. The fourth-order valence-corrected chi connectivity index (χ4v) is 3.50. The van der Waals surface area contributed by atoms with Crippen molar-refractivity contribution < 1.29 is 14.3 Å². The van der Waals surface area contributed by atoms with E-state index in [1.807, 2.05) is 66.7 Å². The van der Waals surface area contributed by atoms with Gasteiger partial charge in [0, 0.05) is 18.6 Å². The fraction of sp³-hybridized carbons (Fsp3) is 0.200. The van der Waals surface area contributed by atoms with Crippen LogP contribution in [-0.2, 0) is 22.6 Å². The van der Waals surface area contributed by atoms with Crippen LogP contribution in [-0.4, -0.2) is 30.9 Å². The zero-order chi connectivity index (χ0) is 22.2. The quantitative estimate of drug-likeness (QED) is 0.569. The van der Waals surface area contributed by atoms with Crippen molar-refractivity contribution in [3.8, 4) is 5.75 Å². The van der Waals surface area contributed by atoms with E-state index in [9.17, 15) is 9.59 Å².